The van der Waals surface area contributed by atoms with Gasteiger partial charge in [-0.05, 0) is 38.0 Å². The minimum Gasteiger partial charge on any atom is -0.446 e. The number of nitrogens with zero attached hydrogens (tertiary/aromatic N) is 2. The number of hydrogen-bond acceptors (Lipinski definition) is 3. The maximum absolute atomic E-state index is 13.1. The molecule has 2 aromatic rings. The SMILES string of the molecule is Cc1ncc(CC(=O)N2CCC(c3ccc(F)cc3)C2(C)C)o1. The number of benzene rings is 1. The van der Waals surface area contributed by atoms with E-state index in [1.807, 2.05) is 17.0 Å². The first kappa shape index (κ1) is 15.7. The number of halogens is 1. The van der Waals surface area contributed by atoms with Crippen LogP contribution < -0.4 is 0 Å². The Bertz CT molecular complexity index is 706. The number of likely N-dealkylation sites (tertiary alicyclic amines) is 1. The second kappa shape index (κ2) is 5.80. The zero-order chi connectivity index (χ0) is 16.6. The lowest BCUT2D eigenvalue weighted by molar-refractivity contribution is -0.134. The van der Waals surface area contributed by atoms with Crippen LogP contribution in [0.2, 0.25) is 0 Å². The lowest BCUT2D eigenvalue weighted by Crippen LogP contribution is -2.46. The van der Waals surface area contributed by atoms with Gasteiger partial charge >= 0.3 is 0 Å². The molecule has 1 amide bonds. The average molecular weight is 316 g/mol. The molecule has 1 aliphatic rings. The number of aryl methyl sites for hydroxylation is 1. The standard InChI is InChI=1S/C18H21FN2O2/c1-12-20-11-15(23-12)10-17(22)21-9-8-16(18(21,2)3)13-4-6-14(19)7-5-13/h4-7,11,16H,8-10H2,1-3H3. The van der Waals surface area contributed by atoms with Crippen LogP contribution in [-0.4, -0.2) is 27.9 Å². The van der Waals surface area contributed by atoms with Gasteiger partial charge in [0.05, 0.1) is 12.6 Å². The molecular weight excluding hydrogens is 295 g/mol. The predicted octanol–water partition coefficient (Wildman–Crippen LogP) is 3.46. The summed E-state index contributed by atoms with van der Waals surface area (Å²) in [6.07, 6.45) is 2.70. The quantitative estimate of drug-likeness (QED) is 0.871. The van der Waals surface area contributed by atoms with E-state index in [2.05, 4.69) is 18.8 Å². The summed E-state index contributed by atoms with van der Waals surface area (Å²) in [5, 5.41) is 0. The number of carbonyl (C=O) groups excluding carboxylic acids is 1. The first-order valence-corrected chi connectivity index (χ1v) is 7.85. The molecule has 0 spiro atoms. The molecule has 1 unspecified atom stereocenters. The van der Waals surface area contributed by atoms with E-state index in [-0.39, 0.29) is 29.6 Å². The molecule has 1 aliphatic heterocycles. The first-order chi connectivity index (χ1) is 10.9. The van der Waals surface area contributed by atoms with Crippen LogP contribution in [0.3, 0.4) is 0 Å². The van der Waals surface area contributed by atoms with Gasteiger partial charge in [-0.25, -0.2) is 9.37 Å². The van der Waals surface area contributed by atoms with Gasteiger partial charge in [0.1, 0.15) is 11.6 Å². The van der Waals surface area contributed by atoms with Gasteiger partial charge in [-0.1, -0.05) is 12.1 Å². The van der Waals surface area contributed by atoms with E-state index in [1.165, 1.54) is 12.1 Å². The third kappa shape index (κ3) is 3.00. The monoisotopic (exact) mass is 316 g/mol. The number of aromatic nitrogens is 1. The van der Waals surface area contributed by atoms with Crippen molar-refractivity contribution >= 4 is 5.91 Å². The summed E-state index contributed by atoms with van der Waals surface area (Å²) in [4.78, 5) is 18.6. The number of amides is 1. The van der Waals surface area contributed by atoms with Crippen molar-refractivity contribution in [1.29, 1.82) is 0 Å². The molecule has 1 atom stereocenters. The maximum Gasteiger partial charge on any atom is 0.230 e. The fourth-order valence-electron chi connectivity index (χ4n) is 3.53. The van der Waals surface area contributed by atoms with Crippen LogP contribution in [-0.2, 0) is 11.2 Å². The zero-order valence-electron chi connectivity index (χ0n) is 13.7. The Morgan fingerprint density at radius 3 is 2.70 bits per heavy atom. The van der Waals surface area contributed by atoms with E-state index >= 15 is 0 Å². The molecule has 0 saturated carbocycles. The van der Waals surface area contributed by atoms with Crippen molar-refractivity contribution in [2.24, 2.45) is 0 Å². The maximum atomic E-state index is 13.1. The Hall–Kier alpha value is -2.17. The van der Waals surface area contributed by atoms with Crippen LogP contribution >= 0.6 is 0 Å². The highest BCUT2D eigenvalue weighted by Gasteiger charge is 2.44. The molecule has 1 saturated heterocycles. The Labute approximate surface area is 135 Å². The van der Waals surface area contributed by atoms with Crippen molar-refractivity contribution in [3.05, 3.63) is 53.5 Å². The van der Waals surface area contributed by atoms with E-state index in [9.17, 15) is 9.18 Å². The van der Waals surface area contributed by atoms with E-state index < -0.39 is 0 Å². The average Bonchev–Trinajstić information content (AvgIpc) is 3.02. The highest BCUT2D eigenvalue weighted by molar-refractivity contribution is 5.79. The molecule has 0 bridgehead atoms. The molecule has 2 heterocycles. The normalized spacial score (nSPS) is 20.0. The number of hydrogen-bond donors (Lipinski definition) is 0. The summed E-state index contributed by atoms with van der Waals surface area (Å²) in [5.41, 5.74) is 0.756. The summed E-state index contributed by atoms with van der Waals surface area (Å²) < 4.78 is 18.5. The summed E-state index contributed by atoms with van der Waals surface area (Å²) in [7, 11) is 0. The fourth-order valence-corrected chi connectivity index (χ4v) is 3.53. The molecule has 1 aromatic carbocycles. The van der Waals surface area contributed by atoms with Crippen molar-refractivity contribution in [1.82, 2.24) is 9.88 Å². The summed E-state index contributed by atoms with van der Waals surface area (Å²) in [6.45, 7) is 6.59. The van der Waals surface area contributed by atoms with E-state index in [0.717, 1.165) is 12.0 Å². The zero-order valence-corrected chi connectivity index (χ0v) is 13.7. The second-order valence-corrected chi connectivity index (χ2v) is 6.61. The fraction of sp³-hybridized carbons (Fsp3) is 0.444. The van der Waals surface area contributed by atoms with Gasteiger partial charge in [-0.15, -0.1) is 0 Å². The molecule has 122 valence electrons. The molecule has 4 nitrogen and oxygen atoms in total. The number of rotatable bonds is 3. The van der Waals surface area contributed by atoms with Crippen molar-refractivity contribution in [3.63, 3.8) is 0 Å². The predicted molar refractivity (Wildman–Crippen MR) is 84.5 cm³/mol. The van der Waals surface area contributed by atoms with Gasteiger partial charge in [0.15, 0.2) is 5.89 Å². The number of oxazole rings is 1. The number of carbonyl (C=O) groups is 1. The molecule has 1 aromatic heterocycles. The third-order valence-electron chi connectivity index (χ3n) is 4.76. The molecule has 0 radical (unpaired) electrons. The van der Waals surface area contributed by atoms with Crippen LogP contribution in [0, 0.1) is 12.7 Å². The van der Waals surface area contributed by atoms with Crippen molar-refractivity contribution in [2.45, 2.75) is 45.1 Å². The Morgan fingerprint density at radius 1 is 1.39 bits per heavy atom. The van der Waals surface area contributed by atoms with Crippen molar-refractivity contribution in [2.75, 3.05) is 6.54 Å². The molecule has 5 heteroatoms. The van der Waals surface area contributed by atoms with E-state index in [1.54, 1.807) is 13.1 Å². The summed E-state index contributed by atoms with van der Waals surface area (Å²) in [5.74, 6) is 1.16. The summed E-state index contributed by atoms with van der Waals surface area (Å²) >= 11 is 0. The topological polar surface area (TPSA) is 46.3 Å². The third-order valence-corrected chi connectivity index (χ3v) is 4.76. The van der Waals surface area contributed by atoms with Gasteiger partial charge in [0.2, 0.25) is 5.91 Å². The van der Waals surface area contributed by atoms with Crippen molar-refractivity contribution in [3.8, 4) is 0 Å². The lowest BCUT2D eigenvalue weighted by atomic mass is 9.82. The van der Waals surface area contributed by atoms with Crippen LogP contribution in [0.15, 0.2) is 34.9 Å². The van der Waals surface area contributed by atoms with Crippen LogP contribution in [0.1, 0.15) is 43.4 Å². The second-order valence-electron chi connectivity index (χ2n) is 6.61. The molecular formula is C18H21FN2O2. The van der Waals surface area contributed by atoms with E-state index in [0.29, 0.717) is 18.2 Å². The molecule has 0 aliphatic carbocycles. The van der Waals surface area contributed by atoms with Crippen LogP contribution in [0.25, 0.3) is 0 Å². The van der Waals surface area contributed by atoms with Gasteiger partial charge in [-0.3, -0.25) is 4.79 Å². The van der Waals surface area contributed by atoms with Crippen LogP contribution in [0.4, 0.5) is 4.39 Å². The Morgan fingerprint density at radius 2 is 2.09 bits per heavy atom. The largest absolute Gasteiger partial charge is 0.446 e. The molecule has 3 rings (SSSR count). The highest BCUT2D eigenvalue weighted by Crippen LogP contribution is 2.42. The minimum atomic E-state index is -0.315. The summed E-state index contributed by atoms with van der Waals surface area (Å²) in [6, 6.07) is 6.59. The van der Waals surface area contributed by atoms with E-state index in [4.69, 9.17) is 4.42 Å². The van der Waals surface area contributed by atoms with Crippen LogP contribution in [0.5, 0.6) is 0 Å². The molecule has 0 N–H and O–H groups in total. The lowest BCUT2D eigenvalue weighted by Gasteiger charge is -2.36. The Kier molecular flexibility index (Phi) is 3.96. The van der Waals surface area contributed by atoms with Gasteiger partial charge in [0, 0.05) is 24.9 Å². The molecule has 1 fully saturated rings. The smallest absolute Gasteiger partial charge is 0.230 e. The van der Waals surface area contributed by atoms with Gasteiger partial charge < -0.3 is 9.32 Å². The first-order valence-electron chi connectivity index (χ1n) is 7.85. The minimum absolute atomic E-state index is 0.0377. The van der Waals surface area contributed by atoms with Gasteiger partial charge in [-0.2, -0.15) is 0 Å². The van der Waals surface area contributed by atoms with Gasteiger partial charge in [0.25, 0.3) is 0 Å². The Balaban J connectivity index is 1.76. The molecule has 23 heavy (non-hydrogen) atoms. The highest BCUT2D eigenvalue weighted by atomic mass is 19.1. The van der Waals surface area contributed by atoms with Crippen molar-refractivity contribution < 1.29 is 13.6 Å².